The summed E-state index contributed by atoms with van der Waals surface area (Å²) in [5.74, 6) is 0. The van der Waals surface area contributed by atoms with Crippen LogP contribution in [0.25, 0.3) is 0 Å². The molecule has 0 aliphatic carbocycles. The van der Waals surface area contributed by atoms with Gasteiger partial charge in [-0.05, 0) is 30.4 Å². The van der Waals surface area contributed by atoms with Crippen LogP contribution in [-0.4, -0.2) is 6.18 Å². The first-order chi connectivity index (χ1) is 6.22. The Hall–Kier alpha value is -0.510. The van der Waals surface area contributed by atoms with E-state index in [0.717, 1.165) is 10.4 Å². The van der Waals surface area contributed by atoms with Crippen molar-refractivity contribution in [3.05, 3.63) is 21.9 Å². The van der Waals surface area contributed by atoms with Crippen molar-refractivity contribution in [3.8, 4) is 0 Å². The summed E-state index contributed by atoms with van der Waals surface area (Å²) in [5, 5.41) is 1.88. The molecule has 14 heavy (non-hydrogen) atoms. The predicted molar refractivity (Wildman–Crippen MR) is 52.6 cm³/mol. The maximum Gasteiger partial charge on any atom is 0.394 e. The maximum absolute atomic E-state index is 12.5. The van der Waals surface area contributed by atoms with E-state index in [-0.39, 0.29) is 6.42 Å². The van der Waals surface area contributed by atoms with Crippen molar-refractivity contribution in [2.45, 2.75) is 33.4 Å². The quantitative estimate of drug-likeness (QED) is 0.704. The van der Waals surface area contributed by atoms with E-state index < -0.39 is 11.6 Å². The van der Waals surface area contributed by atoms with Crippen molar-refractivity contribution in [1.29, 1.82) is 0 Å². The minimum Gasteiger partial charge on any atom is -0.171 e. The number of aryl methyl sites for hydroxylation is 1. The third-order valence-corrected chi connectivity index (χ3v) is 3.22. The number of halogens is 3. The first-order valence-corrected chi connectivity index (χ1v) is 5.21. The van der Waals surface area contributed by atoms with Crippen molar-refractivity contribution in [1.82, 2.24) is 0 Å². The van der Waals surface area contributed by atoms with E-state index in [1.165, 1.54) is 25.2 Å². The Morgan fingerprint density at radius 3 is 2.21 bits per heavy atom. The lowest BCUT2D eigenvalue weighted by Gasteiger charge is -2.26. The number of thiophene rings is 1. The van der Waals surface area contributed by atoms with Gasteiger partial charge in [0.1, 0.15) is 0 Å². The Labute approximate surface area is 85.8 Å². The number of hydrogen-bond acceptors (Lipinski definition) is 1. The molecule has 1 heterocycles. The first kappa shape index (κ1) is 11.6. The van der Waals surface area contributed by atoms with E-state index in [2.05, 4.69) is 0 Å². The summed E-state index contributed by atoms with van der Waals surface area (Å²) < 4.78 is 37.6. The SMILES string of the molecule is Cc1csc(CC(C)(C)C(F)(F)F)c1. The van der Waals surface area contributed by atoms with E-state index in [1.54, 1.807) is 0 Å². The Kier molecular flexibility index (Phi) is 2.95. The third kappa shape index (κ3) is 2.50. The van der Waals surface area contributed by atoms with Crippen LogP contribution in [0.1, 0.15) is 24.3 Å². The molecule has 0 aliphatic heterocycles. The van der Waals surface area contributed by atoms with Gasteiger partial charge in [0, 0.05) is 4.88 Å². The maximum atomic E-state index is 12.5. The molecule has 0 nitrogen and oxygen atoms in total. The highest BCUT2D eigenvalue weighted by Gasteiger charge is 2.47. The van der Waals surface area contributed by atoms with Crippen LogP contribution >= 0.6 is 11.3 Å². The van der Waals surface area contributed by atoms with Crippen LogP contribution in [0.3, 0.4) is 0 Å². The van der Waals surface area contributed by atoms with E-state index in [1.807, 2.05) is 18.4 Å². The van der Waals surface area contributed by atoms with Gasteiger partial charge in [0.15, 0.2) is 0 Å². The van der Waals surface area contributed by atoms with Gasteiger partial charge >= 0.3 is 6.18 Å². The monoisotopic (exact) mass is 222 g/mol. The molecule has 4 heteroatoms. The van der Waals surface area contributed by atoms with E-state index in [9.17, 15) is 13.2 Å². The average molecular weight is 222 g/mol. The topological polar surface area (TPSA) is 0 Å². The molecule has 0 atom stereocenters. The van der Waals surface area contributed by atoms with Crippen LogP contribution in [0.15, 0.2) is 11.4 Å². The Morgan fingerprint density at radius 2 is 1.86 bits per heavy atom. The fourth-order valence-corrected chi connectivity index (χ4v) is 2.22. The number of hydrogen-bond donors (Lipinski definition) is 0. The minimum absolute atomic E-state index is 0.0645. The molecule has 1 rings (SSSR count). The van der Waals surface area contributed by atoms with Crippen molar-refractivity contribution in [3.63, 3.8) is 0 Å². The van der Waals surface area contributed by atoms with Crippen molar-refractivity contribution in [2.75, 3.05) is 0 Å². The lowest BCUT2D eigenvalue weighted by Crippen LogP contribution is -2.33. The fourth-order valence-electron chi connectivity index (χ4n) is 1.12. The van der Waals surface area contributed by atoms with Crippen LogP contribution in [0.5, 0.6) is 0 Å². The highest BCUT2D eigenvalue weighted by Crippen LogP contribution is 2.40. The van der Waals surface area contributed by atoms with Crippen molar-refractivity contribution >= 4 is 11.3 Å². The second-order valence-corrected chi connectivity index (χ2v) is 5.14. The highest BCUT2D eigenvalue weighted by molar-refractivity contribution is 7.10. The fraction of sp³-hybridized carbons (Fsp3) is 0.600. The standard InChI is InChI=1S/C10H13F3S/c1-7-4-8(14-6-7)5-9(2,3)10(11,12)13/h4,6H,5H2,1-3H3. The summed E-state index contributed by atoms with van der Waals surface area (Å²) in [4.78, 5) is 0.796. The molecule has 1 aromatic heterocycles. The summed E-state index contributed by atoms with van der Waals surface area (Å²) in [5.41, 5.74) is -0.604. The molecule has 0 saturated heterocycles. The molecule has 0 N–H and O–H groups in total. The molecule has 0 aromatic carbocycles. The summed E-state index contributed by atoms with van der Waals surface area (Å²) in [6.45, 7) is 4.37. The summed E-state index contributed by atoms with van der Waals surface area (Å²) in [7, 11) is 0. The normalized spacial score (nSPS) is 13.3. The average Bonchev–Trinajstić information content (AvgIpc) is 2.31. The highest BCUT2D eigenvalue weighted by atomic mass is 32.1. The van der Waals surface area contributed by atoms with Crippen molar-refractivity contribution in [2.24, 2.45) is 5.41 Å². The van der Waals surface area contributed by atoms with Crippen LogP contribution in [0.4, 0.5) is 13.2 Å². The molecule has 0 radical (unpaired) electrons. The number of rotatable bonds is 2. The molecule has 0 amide bonds. The first-order valence-electron chi connectivity index (χ1n) is 4.33. The molecular formula is C10H13F3S. The molecule has 0 unspecified atom stereocenters. The van der Waals surface area contributed by atoms with Gasteiger partial charge < -0.3 is 0 Å². The zero-order chi connectivity index (χ0) is 11.0. The molecular weight excluding hydrogens is 209 g/mol. The minimum atomic E-state index is -4.13. The summed E-state index contributed by atoms with van der Waals surface area (Å²) in [6, 6.07) is 1.82. The van der Waals surface area contributed by atoms with E-state index in [0.29, 0.717) is 0 Å². The van der Waals surface area contributed by atoms with Gasteiger partial charge in [0.05, 0.1) is 5.41 Å². The zero-order valence-electron chi connectivity index (χ0n) is 8.40. The van der Waals surface area contributed by atoms with Gasteiger partial charge in [0.25, 0.3) is 0 Å². The Balaban J connectivity index is 2.78. The Morgan fingerprint density at radius 1 is 1.29 bits per heavy atom. The molecule has 80 valence electrons. The molecule has 0 saturated carbocycles. The summed E-state index contributed by atoms with van der Waals surface area (Å²) >= 11 is 1.39. The third-order valence-electron chi connectivity index (χ3n) is 2.17. The second kappa shape index (κ2) is 3.57. The molecule has 1 aromatic rings. The zero-order valence-corrected chi connectivity index (χ0v) is 9.22. The predicted octanol–water partition coefficient (Wildman–Crippen LogP) is 4.19. The van der Waals surface area contributed by atoms with Gasteiger partial charge in [0.2, 0.25) is 0 Å². The molecule has 0 aliphatic rings. The summed E-state index contributed by atoms with van der Waals surface area (Å²) in [6.07, 6.45) is -4.07. The largest absolute Gasteiger partial charge is 0.394 e. The van der Waals surface area contributed by atoms with Crippen LogP contribution in [-0.2, 0) is 6.42 Å². The Bertz CT molecular complexity index is 309. The van der Waals surface area contributed by atoms with Crippen LogP contribution in [0.2, 0.25) is 0 Å². The van der Waals surface area contributed by atoms with Gasteiger partial charge in [-0.3, -0.25) is 0 Å². The van der Waals surface area contributed by atoms with E-state index >= 15 is 0 Å². The van der Waals surface area contributed by atoms with Crippen LogP contribution in [0, 0.1) is 12.3 Å². The smallest absolute Gasteiger partial charge is 0.171 e. The van der Waals surface area contributed by atoms with E-state index in [4.69, 9.17) is 0 Å². The molecule has 0 fully saturated rings. The molecule has 0 spiro atoms. The van der Waals surface area contributed by atoms with Gasteiger partial charge in [-0.1, -0.05) is 13.8 Å². The lowest BCUT2D eigenvalue weighted by atomic mass is 9.88. The van der Waals surface area contributed by atoms with Crippen LogP contribution < -0.4 is 0 Å². The van der Waals surface area contributed by atoms with Crippen molar-refractivity contribution < 1.29 is 13.2 Å². The lowest BCUT2D eigenvalue weighted by molar-refractivity contribution is -0.210. The van der Waals surface area contributed by atoms with Gasteiger partial charge in [-0.25, -0.2) is 0 Å². The van der Waals surface area contributed by atoms with Gasteiger partial charge in [-0.15, -0.1) is 11.3 Å². The molecule has 0 bridgehead atoms. The number of alkyl halides is 3. The second-order valence-electron chi connectivity index (χ2n) is 4.15. The van der Waals surface area contributed by atoms with Gasteiger partial charge in [-0.2, -0.15) is 13.2 Å².